The number of hydrogen-bond donors (Lipinski definition) is 0. The molecule has 0 aliphatic carbocycles. The van der Waals surface area contributed by atoms with Gasteiger partial charge in [0.15, 0.2) is 0 Å². The molecule has 0 aromatic rings. The highest BCUT2D eigenvalue weighted by Crippen LogP contribution is 2.28. The van der Waals surface area contributed by atoms with Gasteiger partial charge in [-0.05, 0) is 46.2 Å². The van der Waals surface area contributed by atoms with Crippen molar-refractivity contribution in [2.75, 3.05) is 33.2 Å². The molecule has 0 saturated carbocycles. The minimum atomic E-state index is 0.328. The zero-order valence-corrected chi connectivity index (χ0v) is 10.6. The predicted octanol–water partition coefficient (Wildman–Crippen LogP) is 2.12. The van der Waals surface area contributed by atoms with Gasteiger partial charge in [-0.3, -0.25) is 4.90 Å². The molecule has 2 heteroatoms. The van der Waals surface area contributed by atoms with Crippen molar-refractivity contribution in [3.8, 4) is 0 Å². The Balaban J connectivity index is 2.09. The number of rotatable bonds is 0. The number of hydrogen-bond acceptors (Lipinski definition) is 2. The van der Waals surface area contributed by atoms with Gasteiger partial charge in [0.25, 0.3) is 0 Å². The molecular weight excluding hydrogens is 184 g/mol. The summed E-state index contributed by atoms with van der Waals surface area (Å²) in [5.41, 5.74) is 3.78. The minimum absolute atomic E-state index is 0.328. The summed E-state index contributed by atoms with van der Waals surface area (Å²) in [7, 11) is 2.24. The standard InChI is InChI=1S/C13H24N2/c1-13(2,3)15-8-6-11-5-7-14(4)9-12(11)10-15/h5-10H2,1-4H3. The predicted molar refractivity (Wildman–Crippen MR) is 65.1 cm³/mol. The molecule has 0 bridgehead atoms. The molecule has 2 rings (SSSR count). The molecule has 0 fully saturated rings. The van der Waals surface area contributed by atoms with Crippen LogP contribution in [0.15, 0.2) is 11.1 Å². The fourth-order valence-electron chi connectivity index (χ4n) is 2.63. The molecule has 0 unspecified atom stereocenters. The second-order valence-electron chi connectivity index (χ2n) is 6.04. The first-order chi connectivity index (χ1) is 6.97. The van der Waals surface area contributed by atoms with E-state index in [1.807, 2.05) is 0 Å². The first-order valence-electron chi connectivity index (χ1n) is 6.10. The van der Waals surface area contributed by atoms with Gasteiger partial charge in [-0.2, -0.15) is 0 Å². The van der Waals surface area contributed by atoms with E-state index in [2.05, 4.69) is 37.6 Å². The van der Waals surface area contributed by atoms with Gasteiger partial charge in [0, 0.05) is 31.7 Å². The SMILES string of the molecule is CN1CCC2=C(C1)CN(C(C)(C)C)CC2. The zero-order chi connectivity index (χ0) is 11.1. The van der Waals surface area contributed by atoms with Crippen LogP contribution in [-0.2, 0) is 0 Å². The van der Waals surface area contributed by atoms with E-state index in [4.69, 9.17) is 0 Å². The quantitative estimate of drug-likeness (QED) is 0.563. The maximum atomic E-state index is 2.62. The Morgan fingerprint density at radius 2 is 1.60 bits per heavy atom. The fourth-order valence-corrected chi connectivity index (χ4v) is 2.63. The molecule has 86 valence electrons. The van der Waals surface area contributed by atoms with E-state index in [9.17, 15) is 0 Å². The smallest absolute Gasteiger partial charge is 0.0213 e. The van der Waals surface area contributed by atoms with Crippen LogP contribution in [0.3, 0.4) is 0 Å². The monoisotopic (exact) mass is 208 g/mol. The van der Waals surface area contributed by atoms with Crippen molar-refractivity contribution in [1.29, 1.82) is 0 Å². The lowest BCUT2D eigenvalue weighted by Crippen LogP contribution is -2.47. The molecule has 15 heavy (non-hydrogen) atoms. The van der Waals surface area contributed by atoms with Crippen molar-refractivity contribution in [3.05, 3.63) is 11.1 Å². The summed E-state index contributed by atoms with van der Waals surface area (Å²) in [5.74, 6) is 0. The van der Waals surface area contributed by atoms with Gasteiger partial charge >= 0.3 is 0 Å². The molecule has 2 aliphatic heterocycles. The van der Waals surface area contributed by atoms with Crippen LogP contribution in [0.4, 0.5) is 0 Å². The van der Waals surface area contributed by atoms with Crippen molar-refractivity contribution in [3.63, 3.8) is 0 Å². The summed E-state index contributed by atoms with van der Waals surface area (Å²) < 4.78 is 0. The van der Waals surface area contributed by atoms with Gasteiger partial charge < -0.3 is 4.90 Å². The second kappa shape index (κ2) is 3.91. The van der Waals surface area contributed by atoms with Gasteiger partial charge in [0.05, 0.1) is 0 Å². The third-order valence-corrected chi connectivity index (χ3v) is 3.77. The lowest BCUT2D eigenvalue weighted by molar-refractivity contribution is 0.134. The highest BCUT2D eigenvalue weighted by molar-refractivity contribution is 5.23. The van der Waals surface area contributed by atoms with Crippen LogP contribution in [0.5, 0.6) is 0 Å². The molecule has 0 amide bonds. The molecule has 2 heterocycles. The van der Waals surface area contributed by atoms with E-state index in [0.29, 0.717) is 5.54 Å². The fraction of sp³-hybridized carbons (Fsp3) is 0.846. The van der Waals surface area contributed by atoms with E-state index in [0.717, 1.165) is 0 Å². The van der Waals surface area contributed by atoms with Crippen molar-refractivity contribution in [2.45, 2.75) is 39.2 Å². The Kier molecular flexibility index (Phi) is 2.91. The first kappa shape index (κ1) is 11.2. The van der Waals surface area contributed by atoms with E-state index in [1.165, 1.54) is 39.0 Å². The Morgan fingerprint density at radius 3 is 2.27 bits per heavy atom. The molecule has 0 atom stereocenters. The van der Waals surface area contributed by atoms with Crippen LogP contribution >= 0.6 is 0 Å². The summed E-state index contributed by atoms with van der Waals surface area (Å²) in [6, 6.07) is 0. The van der Waals surface area contributed by atoms with Gasteiger partial charge in [-0.15, -0.1) is 0 Å². The number of nitrogens with zero attached hydrogens (tertiary/aromatic N) is 2. The summed E-state index contributed by atoms with van der Waals surface area (Å²) in [6.07, 6.45) is 2.62. The third kappa shape index (κ3) is 2.43. The van der Waals surface area contributed by atoms with Gasteiger partial charge in [0.2, 0.25) is 0 Å². The number of likely N-dealkylation sites (N-methyl/N-ethyl adjacent to an activating group) is 1. The highest BCUT2D eigenvalue weighted by atomic mass is 15.2. The summed E-state index contributed by atoms with van der Waals surface area (Å²) in [6.45, 7) is 11.9. The lowest BCUT2D eigenvalue weighted by atomic mass is 9.91. The van der Waals surface area contributed by atoms with Gasteiger partial charge in [-0.25, -0.2) is 0 Å². The van der Waals surface area contributed by atoms with E-state index in [1.54, 1.807) is 11.1 Å². The maximum absolute atomic E-state index is 2.62. The van der Waals surface area contributed by atoms with Gasteiger partial charge in [-0.1, -0.05) is 5.57 Å². The van der Waals surface area contributed by atoms with Crippen LogP contribution < -0.4 is 0 Å². The average Bonchev–Trinajstić information content (AvgIpc) is 2.15. The normalized spacial score (nSPS) is 25.6. The maximum Gasteiger partial charge on any atom is 0.0213 e. The summed E-state index contributed by atoms with van der Waals surface area (Å²) in [5, 5.41) is 0. The van der Waals surface area contributed by atoms with Crippen LogP contribution in [0, 0.1) is 0 Å². The van der Waals surface area contributed by atoms with Crippen LogP contribution in [0.2, 0.25) is 0 Å². The van der Waals surface area contributed by atoms with Gasteiger partial charge in [0.1, 0.15) is 0 Å². The molecule has 0 N–H and O–H groups in total. The van der Waals surface area contributed by atoms with E-state index < -0.39 is 0 Å². The van der Waals surface area contributed by atoms with E-state index in [-0.39, 0.29) is 0 Å². The molecule has 0 saturated heterocycles. The molecule has 0 aromatic carbocycles. The Morgan fingerprint density at radius 1 is 0.933 bits per heavy atom. The highest BCUT2D eigenvalue weighted by Gasteiger charge is 2.28. The Labute approximate surface area is 93.9 Å². The Hall–Kier alpha value is -0.340. The van der Waals surface area contributed by atoms with Crippen LogP contribution in [0.25, 0.3) is 0 Å². The molecule has 0 radical (unpaired) electrons. The second-order valence-corrected chi connectivity index (χ2v) is 6.04. The summed E-state index contributed by atoms with van der Waals surface area (Å²) >= 11 is 0. The van der Waals surface area contributed by atoms with E-state index >= 15 is 0 Å². The molecule has 0 aromatic heterocycles. The van der Waals surface area contributed by atoms with Crippen molar-refractivity contribution in [1.82, 2.24) is 9.80 Å². The third-order valence-electron chi connectivity index (χ3n) is 3.77. The lowest BCUT2D eigenvalue weighted by Gasteiger charge is -2.42. The molecule has 2 aliphatic rings. The van der Waals surface area contributed by atoms with Crippen molar-refractivity contribution < 1.29 is 0 Å². The molecule has 2 nitrogen and oxygen atoms in total. The van der Waals surface area contributed by atoms with Crippen LogP contribution in [-0.4, -0.2) is 48.6 Å². The summed E-state index contributed by atoms with van der Waals surface area (Å²) in [4.78, 5) is 5.07. The Bertz CT molecular complexity index is 273. The average molecular weight is 208 g/mol. The molecule has 0 spiro atoms. The largest absolute Gasteiger partial charge is 0.302 e. The zero-order valence-electron chi connectivity index (χ0n) is 10.6. The van der Waals surface area contributed by atoms with Crippen LogP contribution in [0.1, 0.15) is 33.6 Å². The topological polar surface area (TPSA) is 6.48 Å². The molecular formula is C13H24N2. The first-order valence-corrected chi connectivity index (χ1v) is 6.10. The van der Waals surface area contributed by atoms with Crippen molar-refractivity contribution >= 4 is 0 Å². The minimum Gasteiger partial charge on any atom is -0.302 e. The van der Waals surface area contributed by atoms with Crippen molar-refractivity contribution in [2.24, 2.45) is 0 Å².